The normalized spacial score (nSPS) is 10.2. The highest BCUT2D eigenvalue weighted by Crippen LogP contribution is 2.32. The molecular weight excluding hydrogens is 302 g/mol. The van der Waals surface area contributed by atoms with Gasteiger partial charge in [0.2, 0.25) is 0 Å². The Morgan fingerprint density at radius 2 is 1.33 bits per heavy atom. The molecule has 0 saturated heterocycles. The van der Waals surface area contributed by atoms with Crippen LogP contribution in [0, 0.1) is 0 Å². The third-order valence-electron chi connectivity index (χ3n) is 3.81. The third kappa shape index (κ3) is 3.13. The summed E-state index contributed by atoms with van der Waals surface area (Å²) in [6.07, 6.45) is 3.23. The molecule has 0 aliphatic carbocycles. The molecule has 0 atom stereocenters. The minimum absolute atomic E-state index is 0.0174. The second kappa shape index (κ2) is 6.96. The Kier molecular flexibility index (Phi) is 4.57. The van der Waals surface area contributed by atoms with Crippen molar-refractivity contribution in [1.82, 2.24) is 4.98 Å². The van der Waals surface area contributed by atoms with E-state index in [2.05, 4.69) is 4.98 Å². The molecule has 1 heterocycles. The van der Waals surface area contributed by atoms with E-state index in [0.717, 1.165) is 11.1 Å². The summed E-state index contributed by atoms with van der Waals surface area (Å²) in [6, 6.07) is 16.7. The molecule has 24 heavy (non-hydrogen) atoms. The average Bonchev–Trinajstić information content (AvgIpc) is 2.67. The Balaban J connectivity index is 1.88. The molecule has 0 bridgehead atoms. The molecule has 2 aromatic carbocycles. The van der Waals surface area contributed by atoms with Crippen molar-refractivity contribution in [3.8, 4) is 22.6 Å². The Morgan fingerprint density at radius 3 is 1.96 bits per heavy atom. The number of hydrogen-bond acceptors (Lipinski definition) is 4. The lowest BCUT2D eigenvalue weighted by Crippen LogP contribution is -2.00. The molecule has 0 unspecified atom stereocenters. The number of ketones is 1. The number of ether oxygens (including phenoxy) is 2. The van der Waals surface area contributed by atoms with Gasteiger partial charge in [0.05, 0.1) is 14.2 Å². The maximum atomic E-state index is 12.4. The quantitative estimate of drug-likeness (QED) is 0.667. The van der Waals surface area contributed by atoms with Gasteiger partial charge >= 0.3 is 0 Å². The number of rotatable bonds is 5. The van der Waals surface area contributed by atoms with Crippen LogP contribution in [0.15, 0.2) is 67.0 Å². The zero-order valence-electron chi connectivity index (χ0n) is 13.5. The van der Waals surface area contributed by atoms with Crippen molar-refractivity contribution in [2.24, 2.45) is 0 Å². The Bertz CT molecular complexity index is 843. The van der Waals surface area contributed by atoms with Crippen molar-refractivity contribution in [2.75, 3.05) is 14.2 Å². The van der Waals surface area contributed by atoms with Crippen LogP contribution in [0.2, 0.25) is 0 Å². The van der Waals surface area contributed by atoms with Gasteiger partial charge in [-0.25, -0.2) is 0 Å². The van der Waals surface area contributed by atoms with Crippen LogP contribution in [0.5, 0.6) is 11.5 Å². The molecule has 0 N–H and O–H groups in total. The topological polar surface area (TPSA) is 48.4 Å². The number of methoxy groups -OCH3 is 2. The first-order valence-electron chi connectivity index (χ1n) is 7.50. The first-order chi connectivity index (χ1) is 11.7. The molecular formula is C20H17NO3. The maximum absolute atomic E-state index is 12.4. The molecule has 0 amide bonds. The van der Waals surface area contributed by atoms with E-state index >= 15 is 0 Å². The number of benzene rings is 2. The van der Waals surface area contributed by atoms with Gasteiger partial charge in [0.15, 0.2) is 17.3 Å². The van der Waals surface area contributed by atoms with E-state index in [4.69, 9.17) is 9.47 Å². The highest BCUT2D eigenvalue weighted by Gasteiger charge is 2.10. The molecule has 0 aliphatic heterocycles. The molecule has 1 aromatic heterocycles. The van der Waals surface area contributed by atoms with Gasteiger partial charge in [-0.3, -0.25) is 9.78 Å². The average molecular weight is 319 g/mol. The number of pyridine rings is 1. The minimum Gasteiger partial charge on any atom is -0.493 e. The summed E-state index contributed by atoms with van der Waals surface area (Å²) in [5.41, 5.74) is 3.27. The second-order valence-electron chi connectivity index (χ2n) is 5.21. The van der Waals surface area contributed by atoms with Gasteiger partial charge in [-0.2, -0.15) is 0 Å². The van der Waals surface area contributed by atoms with E-state index in [0.29, 0.717) is 22.6 Å². The van der Waals surface area contributed by atoms with Crippen molar-refractivity contribution >= 4 is 5.78 Å². The maximum Gasteiger partial charge on any atom is 0.193 e. The highest BCUT2D eigenvalue weighted by molar-refractivity contribution is 6.09. The molecule has 0 aliphatic rings. The van der Waals surface area contributed by atoms with Crippen molar-refractivity contribution < 1.29 is 14.3 Å². The zero-order chi connectivity index (χ0) is 16.9. The fourth-order valence-corrected chi connectivity index (χ4v) is 2.50. The lowest BCUT2D eigenvalue weighted by atomic mass is 9.99. The Hall–Kier alpha value is -3.14. The van der Waals surface area contributed by atoms with Crippen LogP contribution in [0.1, 0.15) is 15.9 Å². The van der Waals surface area contributed by atoms with Crippen molar-refractivity contribution in [3.63, 3.8) is 0 Å². The molecule has 3 aromatic rings. The lowest BCUT2D eigenvalue weighted by molar-refractivity contribution is 0.103. The molecule has 0 radical (unpaired) electrons. The molecule has 4 nitrogen and oxygen atoms in total. The number of carbonyl (C=O) groups is 1. The summed E-state index contributed by atoms with van der Waals surface area (Å²) in [5, 5.41) is 0. The van der Waals surface area contributed by atoms with Crippen molar-refractivity contribution in [1.29, 1.82) is 0 Å². The third-order valence-corrected chi connectivity index (χ3v) is 3.81. The Labute approximate surface area is 140 Å². The fraction of sp³-hybridized carbons (Fsp3) is 0.100. The van der Waals surface area contributed by atoms with Crippen LogP contribution in [0.25, 0.3) is 11.1 Å². The van der Waals surface area contributed by atoms with Crippen molar-refractivity contribution in [3.05, 3.63) is 78.1 Å². The SMILES string of the molecule is COc1ccc(-c2ccc(C(=O)c3ccncc3)cc2)cc1OC. The Morgan fingerprint density at radius 1 is 0.750 bits per heavy atom. The van der Waals surface area contributed by atoms with Gasteiger partial charge in [-0.15, -0.1) is 0 Å². The number of nitrogens with zero attached hydrogens (tertiary/aromatic N) is 1. The molecule has 3 rings (SSSR count). The smallest absolute Gasteiger partial charge is 0.193 e. The van der Waals surface area contributed by atoms with Crippen LogP contribution < -0.4 is 9.47 Å². The largest absolute Gasteiger partial charge is 0.493 e. The standard InChI is InChI=1S/C20H17NO3/c1-23-18-8-7-17(13-19(18)24-2)14-3-5-15(6-4-14)20(22)16-9-11-21-12-10-16/h3-13H,1-2H3. The zero-order valence-corrected chi connectivity index (χ0v) is 13.5. The minimum atomic E-state index is -0.0174. The van der Waals surface area contributed by atoms with Gasteiger partial charge in [-0.05, 0) is 35.4 Å². The van der Waals surface area contributed by atoms with E-state index in [1.165, 1.54) is 0 Å². The predicted octanol–water partition coefficient (Wildman–Crippen LogP) is 4.00. The first-order valence-corrected chi connectivity index (χ1v) is 7.50. The summed E-state index contributed by atoms with van der Waals surface area (Å²) in [5.74, 6) is 1.34. The molecule has 0 fully saturated rings. The molecule has 0 saturated carbocycles. The lowest BCUT2D eigenvalue weighted by Gasteiger charge is -2.10. The van der Waals surface area contributed by atoms with Crippen molar-refractivity contribution in [2.45, 2.75) is 0 Å². The van der Waals surface area contributed by atoms with E-state index in [-0.39, 0.29) is 5.78 Å². The molecule has 0 spiro atoms. The molecule has 4 heteroatoms. The van der Waals surface area contributed by atoms with Crippen LogP contribution in [0.4, 0.5) is 0 Å². The van der Waals surface area contributed by atoms with Crippen LogP contribution in [0.3, 0.4) is 0 Å². The predicted molar refractivity (Wildman–Crippen MR) is 92.7 cm³/mol. The number of carbonyl (C=O) groups excluding carboxylic acids is 1. The van der Waals surface area contributed by atoms with Crippen LogP contribution in [-0.4, -0.2) is 25.0 Å². The number of aromatic nitrogens is 1. The monoisotopic (exact) mass is 319 g/mol. The summed E-state index contributed by atoms with van der Waals surface area (Å²) in [6.45, 7) is 0. The molecule has 120 valence electrons. The summed E-state index contributed by atoms with van der Waals surface area (Å²) in [4.78, 5) is 16.3. The van der Waals surface area contributed by atoms with Gasteiger partial charge in [0.1, 0.15) is 0 Å². The number of hydrogen-bond donors (Lipinski definition) is 0. The van der Waals surface area contributed by atoms with Gasteiger partial charge < -0.3 is 9.47 Å². The van der Waals surface area contributed by atoms with E-state index < -0.39 is 0 Å². The second-order valence-corrected chi connectivity index (χ2v) is 5.21. The van der Waals surface area contributed by atoms with Gasteiger partial charge in [0, 0.05) is 23.5 Å². The van der Waals surface area contributed by atoms with E-state index in [1.807, 2.05) is 42.5 Å². The van der Waals surface area contributed by atoms with Crippen LogP contribution in [-0.2, 0) is 0 Å². The van der Waals surface area contributed by atoms with E-state index in [1.54, 1.807) is 38.7 Å². The van der Waals surface area contributed by atoms with E-state index in [9.17, 15) is 4.79 Å². The van der Waals surface area contributed by atoms with Gasteiger partial charge in [0.25, 0.3) is 0 Å². The highest BCUT2D eigenvalue weighted by atomic mass is 16.5. The van der Waals surface area contributed by atoms with Crippen LogP contribution >= 0.6 is 0 Å². The fourth-order valence-electron chi connectivity index (χ4n) is 2.50. The van der Waals surface area contributed by atoms with Gasteiger partial charge in [-0.1, -0.05) is 30.3 Å². The summed E-state index contributed by atoms with van der Waals surface area (Å²) >= 11 is 0. The summed E-state index contributed by atoms with van der Waals surface area (Å²) in [7, 11) is 3.22. The summed E-state index contributed by atoms with van der Waals surface area (Å²) < 4.78 is 10.6. The first kappa shape index (κ1) is 15.7.